The van der Waals surface area contributed by atoms with Gasteiger partial charge < -0.3 is 15.0 Å². The molecule has 0 saturated carbocycles. The highest BCUT2D eigenvalue weighted by atomic mass is 16.5. The van der Waals surface area contributed by atoms with E-state index in [1.54, 1.807) is 0 Å². The van der Waals surface area contributed by atoms with Crippen LogP contribution in [-0.4, -0.2) is 38.8 Å². The molecule has 1 unspecified atom stereocenters. The molecule has 1 aromatic heterocycles. The zero-order valence-corrected chi connectivity index (χ0v) is 10.6. The van der Waals surface area contributed by atoms with E-state index in [1.807, 2.05) is 19.3 Å². The third-order valence-corrected chi connectivity index (χ3v) is 3.23. The molecule has 2 heterocycles. The number of nitrogens with zero attached hydrogens (tertiary/aromatic N) is 2. The summed E-state index contributed by atoms with van der Waals surface area (Å²) in [5, 5.41) is 3.06. The number of hydrogen-bond donors (Lipinski definition) is 1. The van der Waals surface area contributed by atoms with Crippen LogP contribution in [0.3, 0.4) is 0 Å². The Hall–Kier alpha value is -1.29. The van der Waals surface area contributed by atoms with Crippen LogP contribution in [0, 0.1) is 5.92 Å². The van der Waals surface area contributed by atoms with Crippen molar-refractivity contribution < 1.29 is 4.74 Å². The molecule has 1 aliphatic rings. The minimum Gasteiger partial charge on any atom is -0.381 e. The quantitative estimate of drug-likeness (QED) is 0.866. The van der Waals surface area contributed by atoms with Gasteiger partial charge in [0.25, 0.3) is 0 Å². The number of pyridine rings is 1. The summed E-state index contributed by atoms with van der Waals surface area (Å²) >= 11 is 0. The smallest absolute Gasteiger partial charge is 0.127 e. The van der Waals surface area contributed by atoms with Crippen molar-refractivity contribution >= 4 is 11.5 Å². The van der Waals surface area contributed by atoms with E-state index in [-0.39, 0.29) is 0 Å². The van der Waals surface area contributed by atoms with Crippen LogP contribution in [0.2, 0.25) is 0 Å². The fourth-order valence-electron chi connectivity index (χ4n) is 2.24. The standard InChI is InChI=1S/C13H21N3O/c1-14-13-8-12(5-6-15-13)16(2)9-11-4-3-7-17-10-11/h5-6,8,11H,3-4,7,9-10H2,1-2H3,(H,14,15). The maximum atomic E-state index is 5.51. The second-order valence-electron chi connectivity index (χ2n) is 4.61. The van der Waals surface area contributed by atoms with Crippen LogP contribution in [-0.2, 0) is 4.74 Å². The van der Waals surface area contributed by atoms with Crippen molar-refractivity contribution in [1.82, 2.24) is 4.98 Å². The van der Waals surface area contributed by atoms with E-state index in [4.69, 9.17) is 4.74 Å². The van der Waals surface area contributed by atoms with Gasteiger partial charge in [0.1, 0.15) is 5.82 Å². The van der Waals surface area contributed by atoms with Gasteiger partial charge in [0.05, 0.1) is 6.61 Å². The zero-order chi connectivity index (χ0) is 12.1. The van der Waals surface area contributed by atoms with Crippen molar-refractivity contribution in [3.05, 3.63) is 18.3 Å². The van der Waals surface area contributed by atoms with E-state index >= 15 is 0 Å². The first-order valence-corrected chi connectivity index (χ1v) is 6.22. The maximum absolute atomic E-state index is 5.51. The van der Waals surface area contributed by atoms with E-state index in [0.29, 0.717) is 5.92 Å². The van der Waals surface area contributed by atoms with Gasteiger partial charge in [-0.25, -0.2) is 4.98 Å². The summed E-state index contributed by atoms with van der Waals surface area (Å²) in [5.74, 6) is 1.56. The van der Waals surface area contributed by atoms with Crippen molar-refractivity contribution in [2.24, 2.45) is 5.92 Å². The molecule has 1 aromatic rings. The van der Waals surface area contributed by atoms with Crippen LogP contribution < -0.4 is 10.2 Å². The van der Waals surface area contributed by atoms with Crippen LogP contribution in [0.4, 0.5) is 11.5 Å². The van der Waals surface area contributed by atoms with Gasteiger partial charge in [-0.05, 0) is 24.8 Å². The van der Waals surface area contributed by atoms with Gasteiger partial charge in [-0.2, -0.15) is 0 Å². The Morgan fingerprint density at radius 2 is 2.47 bits per heavy atom. The summed E-state index contributed by atoms with van der Waals surface area (Å²) in [6, 6.07) is 4.12. The highest BCUT2D eigenvalue weighted by Crippen LogP contribution is 2.20. The van der Waals surface area contributed by atoms with Crippen LogP contribution in [0.5, 0.6) is 0 Å². The molecule has 0 amide bonds. The molecule has 0 aliphatic carbocycles. The first kappa shape index (κ1) is 12.2. The Labute approximate surface area is 103 Å². The van der Waals surface area contributed by atoms with E-state index in [0.717, 1.165) is 25.6 Å². The Bertz CT molecular complexity index is 350. The second-order valence-corrected chi connectivity index (χ2v) is 4.61. The number of hydrogen-bond acceptors (Lipinski definition) is 4. The first-order valence-electron chi connectivity index (χ1n) is 6.22. The highest BCUT2D eigenvalue weighted by Gasteiger charge is 2.16. The Morgan fingerprint density at radius 1 is 1.59 bits per heavy atom. The van der Waals surface area contributed by atoms with Crippen LogP contribution in [0.25, 0.3) is 0 Å². The number of ether oxygens (including phenoxy) is 1. The van der Waals surface area contributed by atoms with Crippen LogP contribution in [0.1, 0.15) is 12.8 Å². The fraction of sp³-hybridized carbons (Fsp3) is 0.615. The van der Waals surface area contributed by atoms with Crippen molar-refractivity contribution in [2.45, 2.75) is 12.8 Å². The van der Waals surface area contributed by atoms with Crippen molar-refractivity contribution in [2.75, 3.05) is 44.1 Å². The lowest BCUT2D eigenvalue weighted by Crippen LogP contribution is -2.30. The summed E-state index contributed by atoms with van der Waals surface area (Å²) in [6.07, 6.45) is 4.31. The second kappa shape index (κ2) is 5.87. The van der Waals surface area contributed by atoms with Gasteiger partial charge in [-0.3, -0.25) is 0 Å². The molecule has 1 atom stereocenters. The average Bonchev–Trinajstić information content (AvgIpc) is 2.40. The molecule has 94 valence electrons. The largest absolute Gasteiger partial charge is 0.381 e. The van der Waals surface area contributed by atoms with E-state index in [9.17, 15) is 0 Å². The molecule has 0 spiro atoms. The monoisotopic (exact) mass is 235 g/mol. The van der Waals surface area contributed by atoms with Gasteiger partial charge in [-0.1, -0.05) is 0 Å². The number of aromatic nitrogens is 1. The third-order valence-electron chi connectivity index (χ3n) is 3.23. The summed E-state index contributed by atoms with van der Waals surface area (Å²) < 4.78 is 5.51. The first-order chi connectivity index (χ1) is 8.29. The summed E-state index contributed by atoms with van der Waals surface area (Å²) in [7, 11) is 4.02. The van der Waals surface area contributed by atoms with Crippen molar-refractivity contribution in [1.29, 1.82) is 0 Å². The maximum Gasteiger partial charge on any atom is 0.127 e. The van der Waals surface area contributed by atoms with Gasteiger partial charge in [0.2, 0.25) is 0 Å². The molecule has 0 bridgehead atoms. The van der Waals surface area contributed by atoms with Crippen molar-refractivity contribution in [3.8, 4) is 0 Å². The Balaban J connectivity index is 1.95. The lowest BCUT2D eigenvalue weighted by Gasteiger charge is -2.28. The third kappa shape index (κ3) is 3.33. The molecule has 1 saturated heterocycles. The summed E-state index contributed by atoms with van der Waals surface area (Å²) in [5.41, 5.74) is 1.20. The molecule has 4 nitrogen and oxygen atoms in total. The molecule has 0 aromatic carbocycles. The average molecular weight is 235 g/mol. The molecular formula is C13H21N3O. The van der Waals surface area contributed by atoms with E-state index in [1.165, 1.54) is 18.5 Å². The molecule has 4 heteroatoms. The lowest BCUT2D eigenvalue weighted by atomic mass is 10.0. The zero-order valence-electron chi connectivity index (χ0n) is 10.6. The molecule has 1 aliphatic heterocycles. The predicted molar refractivity (Wildman–Crippen MR) is 70.6 cm³/mol. The molecule has 1 fully saturated rings. The van der Waals surface area contributed by atoms with E-state index in [2.05, 4.69) is 28.3 Å². The summed E-state index contributed by atoms with van der Waals surface area (Å²) in [6.45, 7) is 2.88. The Kier molecular flexibility index (Phi) is 4.20. The molecule has 0 radical (unpaired) electrons. The molecule has 2 rings (SSSR count). The fourth-order valence-corrected chi connectivity index (χ4v) is 2.24. The lowest BCUT2D eigenvalue weighted by molar-refractivity contribution is 0.0576. The van der Waals surface area contributed by atoms with Gasteiger partial charge in [-0.15, -0.1) is 0 Å². The van der Waals surface area contributed by atoms with Gasteiger partial charge >= 0.3 is 0 Å². The van der Waals surface area contributed by atoms with Crippen LogP contribution >= 0.6 is 0 Å². The normalized spacial score (nSPS) is 20.0. The molecule has 1 N–H and O–H groups in total. The summed E-state index contributed by atoms with van der Waals surface area (Å²) in [4.78, 5) is 6.50. The van der Waals surface area contributed by atoms with Crippen LogP contribution in [0.15, 0.2) is 18.3 Å². The topological polar surface area (TPSA) is 37.4 Å². The SMILES string of the molecule is CNc1cc(N(C)CC2CCCOC2)ccn1. The van der Waals surface area contributed by atoms with Crippen molar-refractivity contribution in [3.63, 3.8) is 0 Å². The minimum atomic E-state index is 0.653. The molecular weight excluding hydrogens is 214 g/mol. The number of rotatable bonds is 4. The number of nitrogens with one attached hydrogen (secondary N) is 1. The highest BCUT2D eigenvalue weighted by molar-refractivity contribution is 5.53. The predicted octanol–water partition coefficient (Wildman–Crippen LogP) is 1.99. The Morgan fingerprint density at radius 3 is 3.18 bits per heavy atom. The minimum absolute atomic E-state index is 0.653. The molecule has 17 heavy (non-hydrogen) atoms. The van der Waals surface area contributed by atoms with Gasteiger partial charge in [0, 0.05) is 45.2 Å². The number of anilines is 2. The van der Waals surface area contributed by atoms with E-state index < -0.39 is 0 Å². The van der Waals surface area contributed by atoms with Gasteiger partial charge in [0.15, 0.2) is 0 Å².